The van der Waals surface area contributed by atoms with Crippen molar-refractivity contribution in [1.82, 2.24) is 4.90 Å². The summed E-state index contributed by atoms with van der Waals surface area (Å²) in [6, 6.07) is 6.61. The fourth-order valence-corrected chi connectivity index (χ4v) is 2.75. The highest BCUT2D eigenvalue weighted by Crippen LogP contribution is 2.35. The molecule has 1 atom stereocenters. The van der Waals surface area contributed by atoms with Gasteiger partial charge in [0.1, 0.15) is 5.60 Å². The molecule has 1 aromatic rings. The molecule has 1 unspecified atom stereocenters. The van der Waals surface area contributed by atoms with Crippen LogP contribution in [-0.4, -0.2) is 23.1 Å². The fourth-order valence-electron chi connectivity index (χ4n) is 2.75. The van der Waals surface area contributed by atoms with Crippen molar-refractivity contribution in [2.45, 2.75) is 73.0 Å². The summed E-state index contributed by atoms with van der Waals surface area (Å²) in [7, 11) is 0. The number of benzene rings is 1. The third-order valence-electron chi connectivity index (χ3n) is 3.67. The topological polar surface area (TPSA) is 29.5 Å². The first-order valence-electron chi connectivity index (χ1n) is 8.35. The summed E-state index contributed by atoms with van der Waals surface area (Å²) in [5.41, 5.74) is 3.30. The van der Waals surface area contributed by atoms with Gasteiger partial charge in [0.05, 0.1) is 6.04 Å². The number of nitrogens with zero attached hydrogens (tertiary/aromatic N) is 1. The van der Waals surface area contributed by atoms with Crippen LogP contribution in [0, 0.1) is 13.8 Å². The molecule has 0 saturated carbocycles. The van der Waals surface area contributed by atoms with Crippen LogP contribution >= 0.6 is 0 Å². The summed E-state index contributed by atoms with van der Waals surface area (Å²) in [5.74, 6) is 0. The van der Waals surface area contributed by atoms with Crippen molar-refractivity contribution in [3.05, 3.63) is 34.9 Å². The number of hydrogen-bond donors (Lipinski definition) is 0. The Hall–Kier alpha value is -1.51. The molecule has 3 heteroatoms. The molecule has 1 aliphatic heterocycles. The molecule has 0 spiro atoms. The highest BCUT2D eigenvalue weighted by molar-refractivity contribution is 5.69. The number of aryl methyl sites for hydroxylation is 2. The van der Waals surface area contributed by atoms with Crippen LogP contribution in [0.15, 0.2) is 18.2 Å². The van der Waals surface area contributed by atoms with Gasteiger partial charge in [-0.3, -0.25) is 0 Å². The van der Waals surface area contributed by atoms with Crippen molar-refractivity contribution in [3.8, 4) is 0 Å². The molecule has 22 heavy (non-hydrogen) atoms. The number of likely N-dealkylation sites (tertiary alicyclic amines) is 1. The first-order chi connectivity index (χ1) is 10.3. The van der Waals surface area contributed by atoms with Crippen LogP contribution in [0.2, 0.25) is 0 Å². The molecule has 1 aromatic carbocycles. The fraction of sp³-hybridized carbons (Fsp3) is 0.632. The second kappa shape index (κ2) is 7.66. The molecule has 0 aromatic heterocycles. The highest BCUT2D eigenvalue weighted by atomic mass is 16.6. The average molecular weight is 305 g/mol. The Morgan fingerprint density at radius 3 is 2.45 bits per heavy atom. The summed E-state index contributed by atoms with van der Waals surface area (Å²) in [6.07, 6.45) is 1.86. The molecule has 1 saturated heterocycles. The second-order valence-electron chi connectivity index (χ2n) is 6.69. The van der Waals surface area contributed by atoms with Gasteiger partial charge in [0.2, 0.25) is 0 Å². The van der Waals surface area contributed by atoms with Crippen molar-refractivity contribution in [3.63, 3.8) is 0 Å². The minimum Gasteiger partial charge on any atom is -0.444 e. The van der Waals surface area contributed by atoms with Crippen LogP contribution in [0.5, 0.6) is 0 Å². The zero-order chi connectivity index (χ0) is 16.9. The van der Waals surface area contributed by atoms with Gasteiger partial charge in [0.25, 0.3) is 0 Å². The molecule has 0 aliphatic carbocycles. The Balaban J connectivity index is 0.00000116. The van der Waals surface area contributed by atoms with Crippen molar-refractivity contribution in [2.24, 2.45) is 0 Å². The predicted molar refractivity (Wildman–Crippen MR) is 92.2 cm³/mol. The minimum absolute atomic E-state index is 0.157. The van der Waals surface area contributed by atoms with Crippen LogP contribution in [0.3, 0.4) is 0 Å². The van der Waals surface area contributed by atoms with Gasteiger partial charge in [-0.1, -0.05) is 37.6 Å². The lowest BCUT2D eigenvalue weighted by Gasteiger charge is -2.29. The number of carbonyl (C=O) groups is 1. The minimum atomic E-state index is -0.439. The summed E-state index contributed by atoms with van der Waals surface area (Å²) < 4.78 is 5.53. The molecule has 0 radical (unpaired) electrons. The summed E-state index contributed by atoms with van der Waals surface area (Å²) in [6.45, 7) is 14.7. The Labute approximate surface area is 135 Å². The molecule has 1 amide bonds. The predicted octanol–water partition coefficient (Wildman–Crippen LogP) is 5.40. The zero-order valence-electron chi connectivity index (χ0n) is 15.2. The number of rotatable bonds is 1. The van der Waals surface area contributed by atoms with Gasteiger partial charge < -0.3 is 9.64 Å². The van der Waals surface area contributed by atoms with Gasteiger partial charge in [-0.2, -0.15) is 0 Å². The van der Waals surface area contributed by atoms with Crippen molar-refractivity contribution in [2.75, 3.05) is 6.54 Å². The van der Waals surface area contributed by atoms with Gasteiger partial charge >= 0.3 is 6.09 Å². The SMILES string of the molecule is CC.Cc1ccc(C)c(C2CCCN2C(=O)OC(C)(C)C)c1. The Bertz CT molecular complexity index is 503. The second-order valence-corrected chi connectivity index (χ2v) is 6.69. The molecule has 2 rings (SSSR count). The number of carbonyl (C=O) groups excluding carboxylic acids is 1. The number of amides is 1. The van der Waals surface area contributed by atoms with Crippen LogP contribution < -0.4 is 0 Å². The van der Waals surface area contributed by atoms with E-state index in [1.54, 1.807) is 0 Å². The number of ether oxygens (including phenoxy) is 1. The molecule has 3 nitrogen and oxygen atoms in total. The molecule has 124 valence electrons. The lowest BCUT2D eigenvalue weighted by molar-refractivity contribution is 0.0224. The van der Waals surface area contributed by atoms with Crippen LogP contribution in [-0.2, 0) is 4.74 Å². The Morgan fingerprint density at radius 1 is 1.23 bits per heavy atom. The monoisotopic (exact) mass is 305 g/mol. The van der Waals surface area contributed by atoms with Crippen molar-refractivity contribution < 1.29 is 9.53 Å². The van der Waals surface area contributed by atoms with E-state index in [1.807, 2.05) is 39.5 Å². The lowest BCUT2D eigenvalue weighted by atomic mass is 9.97. The third kappa shape index (κ3) is 4.75. The summed E-state index contributed by atoms with van der Waals surface area (Å²) >= 11 is 0. The van der Waals surface area contributed by atoms with E-state index in [-0.39, 0.29) is 12.1 Å². The molecular formula is C19H31NO2. The molecule has 1 fully saturated rings. The van der Waals surface area contributed by atoms with Crippen LogP contribution in [0.25, 0.3) is 0 Å². The van der Waals surface area contributed by atoms with Gasteiger partial charge in [0, 0.05) is 6.54 Å². The molecular weight excluding hydrogens is 274 g/mol. The smallest absolute Gasteiger partial charge is 0.410 e. The molecule has 1 heterocycles. The van der Waals surface area contributed by atoms with Gasteiger partial charge in [0.15, 0.2) is 0 Å². The Kier molecular flexibility index (Phi) is 6.46. The van der Waals surface area contributed by atoms with Crippen molar-refractivity contribution in [1.29, 1.82) is 0 Å². The maximum atomic E-state index is 12.3. The van der Waals surface area contributed by atoms with E-state index in [1.165, 1.54) is 16.7 Å². The van der Waals surface area contributed by atoms with Gasteiger partial charge in [-0.25, -0.2) is 4.79 Å². The first kappa shape index (κ1) is 18.5. The summed E-state index contributed by atoms with van der Waals surface area (Å²) in [5, 5.41) is 0. The quantitative estimate of drug-likeness (QED) is 0.695. The van der Waals surface area contributed by atoms with E-state index in [0.717, 1.165) is 19.4 Å². The van der Waals surface area contributed by atoms with Crippen LogP contribution in [0.4, 0.5) is 4.79 Å². The van der Waals surface area contributed by atoms with Gasteiger partial charge in [-0.05, 0) is 58.6 Å². The molecule has 0 bridgehead atoms. The summed E-state index contributed by atoms with van der Waals surface area (Å²) in [4.78, 5) is 14.2. The van der Waals surface area contributed by atoms with E-state index in [4.69, 9.17) is 4.74 Å². The first-order valence-corrected chi connectivity index (χ1v) is 8.35. The third-order valence-corrected chi connectivity index (χ3v) is 3.67. The van der Waals surface area contributed by atoms with E-state index in [0.29, 0.717) is 0 Å². The highest BCUT2D eigenvalue weighted by Gasteiger charge is 2.33. The largest absolute Gasteiger partial charge is 0.444 e. The number of hydrogen-bond acceptors (Lipinski definition) is 2. The van der Waals surface area contributed by atoms with Gasteiger partial charge in [-0.15, -0.1) is 0 Å². The maximum Gasteiger partial charge on any atom is 0.410 e. The van der Waals surface area contributed by atoms with E-state index < -0.39 is 5.60 Å². The van der Waals surface area contributed by atoms with E-state index in [9.17, 15) is 4.79 Å². The van der Waals surface area contributed by atoms with E-state index in [2.05, 4.69) is 32.0 Å². The standard InChI is InChI=1S/C17H25NO2.C2H6/c1-12-8-9-13(2)14(11-12)15-7-6-10-18(15)16(19)20-17(3,4)5;1-2/h8-9,11,15H,6-7,10H2,1-5H3;1-2H3. The normalized spacial score (nSPS) is 17.8. The Morgan fingerprint density at radius 2 is 1.86 bits per heavy atom. The van der Waals surface area contributed by atoms with Crippen LogP contribution in [0.1, 0.15) is 70.2 Å². The average Bonchev–Trinajstić information content (AvgIpc) is 2.91. The van der Waals surface area contributed by atoms with E-state index >= 15 is 0 Å². The maximum absolute atomic E-state index is 12.3. The molecule has 0 N–H and O–H groups in total. The lowest BCUT2D eigenvalue weighted by Crippen LogP contribution is -2.36. The zero-order valence-corrected chi connectivity index (χ0v) is 15.2. The molecule has 1 aliphatic rings. The van der Waals surface area contributed by atoms with Crippen molar-refractivity contribution >= 4 is 6.09 Å².